The van der Waals surface area contributed by atoms with E-state index in [9.17, 15) is 0 Å². The van der Waals surface area contributed by atoms with Crippen LogP contribution in [0.2, 0.25) is 0 Å². The second-order valence-corrected chi connectivity index (χ2v) is 4.57. The van der Waals surface area contributed by atoms with Crippen LogP contribution in [0, 0.1) is 0 Å². The number of hydrogen-bond donors (Lipinski definition) is 3. The summed E-state index contributed by atoms with van der Waals surface area (Å²) in [6.07, 6.45) is 1.75. The lowest BCUT2D eigenvalue weighted by Crippen LogP contribution is -1.98. The van der Waals surface area contributed by atoms with Crippen LogP contribution in [0.25, 0.3) is 0 Å². The SMILES string of the molecule is CCc1ccc(Cc2cc(N)cc(N)c2)cc1N. The summed E-state index contributed by atoms with van der Waals surface area (Å²) >= 11 is 0. The lowest BCUT2D eigenvalue weighted by Gasteiger charge is -2.08. The van der Waals surface area contributed by atoms with Gasteiger partial charge in [0, 0.05) is 17.1 Å². The quantitative estimate of drug-likeness (QED) is 0.723. The Balaban J connectivity index is 2.25. The fraction of sp³-hybridized carbons (Fsp3) is 0.200. The highest BCUT2D eigenvalue weighted by atomic mass is 14.6. The third-order valence-corrected chi connectivity index (χ3v) is 3.04. The summed E-state index contributed by atoms with van der Waals surface area (Å²) in [6, 6.07) is 11.9. The first kappa shape index (κ1) is 12.3. The molecule has 0 aliphatic carbocycles. The Morgan fingerprint density at radius 3 is 2.06 bits per heavy atom. The maximum Gasteiger partial charge on any atom is 0.0349 e. The summed E-state index contributed by atoms with van der Waals surface area (Å²) in [5.74, 6) is 0. The molecular formula is C15H19N3. The lowest BCUT2D eigenvalue weighted by molar-refractivity contribution is 1.12. The van der Waals surface area contributed by atoms with E-state index < -0.39 is 0 Å². The van der Waals surface area contributed by atoms with Crippen LogP contribution in [-0.2, 0) is 12.8 Å². The van der Waals surface area contributed by atoms with Crippen LogP contribution < -0.4 is 17.2 Å². The van der Waals surface area contributed by atoms with Gasteiger partial charge < -0.3 is 17.2 Å². The Hall–Kier alpha value is -2.16. The summed E-state index contributed by atoms with van der Waals surface area (Å²) in [6.45, 7) is 2.10. The van der Waals surface area contributed by atoms with E-state index in [0.29, 0.717) is 11.4 Å². The van der Waals surface area contributed by atoms with Crippen LogP contribution in [0.4, 0.5) is 17.1 Å². The molecule has 0 spiro atoms. The van der Waals surface area contributed by atoms with Gasteiger partial charge in [0.2, 0.25) is 0 Å². The second-order valence-electron chi connectivity index (χ2n) is 4.57. The maximum atomic E-state index is 6.00. The van der Waals surface area contributed by atoms with Crippen molar-refractivity contribution in [3.63, 3.8) is 0 Å². The molecule has 18 heavy (non-hydrogen) atoms. The van der Waals surface area contributed by atoms with E-state index in [-0.39, 0.29) is 0 Å². The van der Waals surface area contributed by atoms with Gasteiger partial charge in [-0.3, -0.25) is 0 Å². The van der Waals surface area contributed by atoms with Gasteiger partial charge >= 0.3 is 0 Å². The molecule has 0 unspecified atom stereocenters. The molecule has 2 rings (SSSR count). The summed E-state index contributed by atoms with van der Waals surface area (Å²) < 4.78 is 0. The van der Waals surface area contributed by atoms with Crippen LogP contribution in [0.15, 0.2) is 36.4 Å². The zero-order chi connectivity index (χ0) is 13.1. The normalized spacial score (nSPS) is 10.5. The first-order valence-electron chi connectivity index (χ1n) is 6.10. The highest BCUT2D eigenvalue weighted by molar-refractivity contribution is 5.56. The molecule has 0 fully saturated rings. The molecule has 3 heteroatoms. The Kier molecular flexibility index (Phi) is 3.42. The van der Waals surface area contributed by atoms with Crippen molar-refractivity contribution in [1.29, 1.82) is 0 Å². The lowest BCUT2D eigenvalue weighted by atomic mass is 10.0. The van der Waals surface area contributed by atoms with Gasteiger partial charge in [-0.05, 0) is 53.8 Å². The molecule has 94 valence electrons. The monoisotopic (exact) mass is 241 g/mol. The second kappa shape index (κ2) is 5.00. The molecule has 0 saturated heterocycles. The van der Waals surface area contributed by atoms with Crippen molar-refractivity contribution >= 4 is 17.1 Å². The molecule has 6 N–H and O–H groups in total. The first-order chi connectivity index (χ1) is 8.58. The molecule has 0 aliphatic heterocycles. The zero-order valence-corrected chi connectivity index (χ0v) is 10.6. The van der Waals surface area contributed by atoms with Crippen molar-refractivity contribution in [2.24, 2.45) is 0 Å². The predicted octanol–water partition coefficient (Wildman–Crippen LogP) is 2.59. The molecule has 0 amide bonds. The van der Waals surface area contributed by atoms with Crippen molar-refractivity contribution in [2.75, 3.05) is 17.2 Å². The minimum atomic E-state index is 0.697. The molecular weight excluding hydrogens is 222 g/mol. The van der Waals surface area contributed by atoms with Gasteiger partial charge in [0.05, 0.1) is 0 Å². The smallest absolute Gasteiger partial charge is 0.0349 e. The van der Waals surface area contributed by atoms with E-state index in [0.717, 1.165) is 24.1 Å². The van der Waals surface area contributed by atoms with E-state index in [1.807, 2.05) is 18.2 Å². The average Bonchev–Trinajstić information content (AvgIpc) is 2.27. The van der Waals surface area contributed by atoms with E-state index in [1.54, 1.807) is 6.07 Å². The van der Waals surface area contributed by atoms with E-state index in [4.69, 9.17) is 17.2 Å². The highest BCUT2D eigenvalue weighted by Crippen LogP contribution is 2.20. The minimum Gasteiger partial charge on any atom is -0.399 e. The van der Waals surface area contributed by atoms with Crippen molar-refractivity contribution in [2.45, 2.75) is 19.8 Å². The molecule has 2 aromatic carbocycles. The third kappa shape index (κ3) is 2.74. The highest BCUT2D eigenvalue weighted by Gasteiger charge is 2.02. The van der Waals surface area contributed by atoms with Crippen LogP contribution >= 0.6 is 0 Å². The Bertz CT molecular complexity index is 541. The largest absolute Gasteiger partial charge is 0.399 e. The maximum absolute atomic E-state index is 6.00. The number of benzene rings is 2. The van der Waals surface area contributed by atoms with Gasteiger partial charge in [-0.1, -0.05) is 19.1 Å². The zero-order valence-electron chi connectivity index (χ0n) is 10.6. The summed E-state index contributed by atoms with van der Waals surface area (Å²) in [5.41, 5.74) is 23.3. The van der Waals surface area contributed by atoms with Crippen molar-refractivity contribution in [3.05, 3.63) is 53.1 Å². The Labute approximate surface area is 108 Å². The number of rotatable bonds is 3. The molecule has 0 heterocycles. The molecule has 0 aliphatic rings. The number of nitrogens with two attached hydrogens (primary N) is 3. The molecule has 0 aromatic heterocycles. The van der Waals surface area contributed by atoms with E-state index in [2.05, 4.69) is 19.1 Å². The topological polar surface area (TPSA) is 78.1 Å². The first-order valence-corrected chi connectivity index (χ1v) is 6.10. The number of anilines is 3. The van der Waals surface area contributed by atoms with E-state index in [1.165, 1.54) is 11.1 Å². The Morgan fingerprint density at radius 2 is 1.50 bits per heavy atom. The van der Waals surface area contributed by atoms with Gasteiger partial charge in [-0.2, -0.15) is 0 Å². The standard InChI is InChI=1S/C15H19N3/c1-2-12-4-3-10(8-15(12)18)5-11-6-13(16)9-14(17)7-11/h3-4,6-9H,2,5,16-18H2,1H3. The van der Waals surface area contributed by atoms with Crippen molar-refractivity contribution in [3.8, 4) is 0 Å². The number of nitrogen functional groups attached to an aromatic ring is 3. The summed E-state index contributed by atoms with van der Waals surface area (Å²) in [7, 11) is 0. The van der Waals surface area contributed by atoms with Crippen LogP contribution in [0.3, 0.4) is 0 Å². The van der Waals surface area contributed by atoms with Crippen LogP contribution in [-0.4, -0.2) is 0 Å². The molecule has 2 aromatic rings. The number of aryl methyl sites for hydroxylation is 1. The van der Waals surface area contributed by atoms with Crippen LogP contribution in [0.1, 0.15) is 23.6 Å². The Morgan fingerprint density at radius 1 is 0.833 bits per heavy atom. The van der Waals surface area contributed by atoms with Crippen molar-refractivity contribution in [1.82, 2.24) is 0 Å². The minimum absolute atomic E-state index is 0.697. The van der Waals surface area contributed by atoms with Gasteiger partial charge in [0.25, 0.3) is 0 Å². The van der Waals surface area contributed by atoms with Gasteiger partial charge in [0.15, 0.2) is 0 Å². The van der Waals surface area contributed by atoms with Gasteiger partial charge in [-0.15, -0.1) is 0 Å². The number of hydrogen-bond acceptors (Lipinski definition) is 3. The molecule has 0 radical (unpaired) electrons. The summed E-state index contributed by atoms with van der Waals surface area (Å²) in [5, 5.41) is 0. The van der Waals surface area contributed by atoms with Crippen molar-refractivity contribution < 1.29 is 0 Å². The molecule has 3 nitrogen and oxygen atoms in total. The fourth-order valence-electron chi connectivity index (χ4n) is 2.16. The predicted molar refractivity (Wildman–Crippen MR) is 78.3 cm³/mol. The van der Waals surface area contributed by atoms with E-state index >= 15 is 0 Å². The average molecular weight is 241 g/mol. The van der Waals surface area contributed by atoms with Gasteiger partial charge in [0.1, 0.15) is 0 Å². The molecule has 0 saturated carbocycles. The fourth-order valence-corrected chi connectivity index (χ4v) is 2.16. The van der Waals surface area contributed by atoms with Gasteiger partial charge in [-0.25, -0.2) is 0 Å². The third-order valence-electron chi connectivity index (χ3n) is 3.04. The molecule has 0 bridgehead atoms. The van der Waals surface area contributed by atoms with Crippen LogP contribution in [0.5, 0.6) is 0 Å². The summed E-state index contributed by atoms with van der Waals surface area (Å²) in [4.78, 5) is 0. The molecule has 0 atom stereocenters.